The number of benzene rings is 1. The molecule has 0 radical (unpaired) electrons. The highest BCUT2D eigenvalue weighted by atomic mass is 32.1. The standard InChI is InChI=1S/C17H11N3OS/c21-16-9-14(12-5-2-1-3-6-12)19-17-20(16)15(11-22-17)13-7-4-8-18-10-13/h1-11H. The van der Waals surface area contributed by atoms with Crippen LogP contribution >= 0.6 is 11.3 Å². The van der Waals surface area contributed by atoms with Gasteiger partial charge in [-0.25, -0.2) is 4.98 Å². The molecule has 0 aliphatic heterocycles. The zero-order chi connectivity index (χ0) is 14.9. The highest BCUT2D eigenvalue weighted by molar-refractivity contribution is 7.15. The Balaban J connectivity index is 1.94. The Morgan fingerprint density at radius 2 is 1.82 bits per heavy atom. The van der Waals surface area contributed by atoms with Crippen LogP contribution in [0, 0.1) is 0 Å². The van der Waals surface area contributed by atoms with Crippen LogP contribution in [0.1, 0.15) is 0 Å². The molecule has 0 atom stereocenters. The van der Waals surface area contributed by atoms with Crippen molar-refractivity contribution >= 4 is 16.3 Å². The summed E-state index contributed by atoms with van der Waals surface area (Å²) < 4.78 is 1.63. The van der Waals surface area contributed by atoms with Gasteiger partial charge in [-0.1, -0.05) is 30.3 Å². The van der Waals surface area contributed by atoms with Gasteiger partial charge in [0.25, 0.3) is 5.56 Å². The lowest BCUT2D eigenvalue weighted by molar-refractivity contribution is 1.08. The largest absolute Gasteiger partial charge is 0.269 e. The molecular weight excluding hydrogens is 294 g/mol. The van der Waals surface area contributed by atoms with E-state index >= 15 is 0 Å². The van der Waals surface area contributed by atoms with Gasteiger partial charge in [0.2, 0.25) is 0 Å². The molecule has 3 aromatic heterocycles. The van der Waals surface area contributed by atoms with Crippen LogP contribution < -0.4 is 5.56 Å². The van der Waals surface area contributed by atoms with Crippen LogP contribution in [0.5, 0.6) is 0 Å². The van der Waals surface area contributed by atoms with Crippen molar-refractivity contribution in [2.24, 2.45) is 0 Å². The van der Waals surface area contributed by atoms with Crippen molar-refractivity contribution < 1.29 is 0 Å². The minimum atomic E-state index is -0.0797. The van der Waals surface area contributed by atoms with E-state index in [4.69, 9.17) is 0 Å². The first-order chi connectivity index (χ1) is 10.8. The molecule has 0 saturated carbocycles. The van der Waals surface area contributed by atoms with Crippen LogP contribution in [-0.4, -0.2) is 14.4 Å². The summed E-state index contributed by atoms with van der Waals surface area (Å²) in [6.07, 6.45) is 3.46. The molecule has 0 spiro atoms. The average Bonchev–Trinajstić information content (AvgIpc) is 3.01. The van der Waals surface area contributed by atoms with Crippen LogP contribution in [0.2, 0.25) is 0 Å². The van der Waals surface area contributed by atoms with E-state index in [-0.39, 0.29) is 5.56 Å². The monoisotopic (exact) mass is 305 g/mol. The van der Waals surface area contributed by atoms with E-state index in [1.165, 1.54) is 11.3 Å². The lowest BCUT2D eigenvalue weighted by Gasteiger charge is -2.03. The maximum atomic E-state index is 12.5. The Morgan fingerprint density at radius 3 is 2.59 bits per heavy atom. The first-order valence-electron chi connectivity index (χ1n) is 6.80. The molecule has 0 fully saturated rings. The number of nitrogens with zero attached hydrogens (tertiary/aromatic N) is 3. The molecule has 0 bridgehead atoms. The molecule has 5 heteroatoms. The molecule has 0 aliphatic rings. The average molecular weight is 305 g/mol. The van der Waals surface area contributed by atoms with Crippen molar-refractivity contribution in [2.45, 2.75) is 0 Å². The van der Waals surface area contributed by atoms with E-state index in [0.717, 1.165) is 16.8 Å². The van der Waals surface area contributed by atoms with Gasteiger partial charge in [-0.2, -0.15) is 0 Å². The second-order valence-electron chi connectivity index (χ2n) is 4.83. The number of hydrogen-bond donors (Lipinski definition) is 0. The van der Waals surface area contributed by atoms with E-state index in [1.807, 2.05) is 47.8 Å². The van der Waals surface area contributed by atoms with Gasteiger partial charge < -0.3 is 0 Å². The Hall–Kier alpha value is -2.79. The molecule has 0 aliphatic carbocycles. The minimum Gasteiger partial charge on any atom is -0.269 e. The number of rotatable bonds is 2. The normalized spacial score (nSPS) is 10.9. The van der Waals surface area contributed by atoms with Gasteiger partial charge in [-0.05, 0) is 12.1 Å². The molecule has 0 saturated heterocycles. The summed E-state index contributed by atoms with van der Waals surface area (Å²) in [5, 5.41) is 1.94. The number of pyridine rings is 1. The molecule has 0 amide bonds. The fourth-order valence-electron chi connectivity index (χ4n) is 2.39. The van der Waals surface area contributed by atoms with Gasteiger partial charge in [0.1, 0.15) is 0 Å². The van der Waals surface area contributed by atoms with Gasteiger partial charge in [0.05, 0.1) is 11.4 Å². The third-order valence-electron chi connectivity index (χ3n) is 3.43. The molecule has 3 heterocycles. The first-order valence-corrected chi connectivity index (χ1v) is 7.68. The third kappa shape index (κ3) is 2.12. The molecule has 4 rings (SSSR count). The van der Waals surface area contributed by atoms with E-state index in [1.54, 1.807) is 22.9 Å². The van der Waals surface area contributed by atoms with E-state index in [9.17, 15) is 4.79 Å². The van der Waals surface area contributed by atoms with Crippen molar-refractivity contribution in [3.63, 3.8) is 0 Å². The molecule has 22 heavy (non-hydrogen) atoms. The lowest BCUT2D eigenvalue weighted by atomic mass is 10.1. The zero-order valence-corrected chi connectivity index (χ0v) is 12.3. The van der Waals surface area contributed by atoms with Crippen molar-refractivity contribution in [3.8, 4) is 22.5 Å². The van der Waals surface area contributed by atoms with E-state index in [2.05, 4.69) is 9.97 Å². The summed E-state index contributed by atoms with van der Waals surface area (Å²) in [6, 6.07) is 15.1. The zero-order valence-electron chi connectivity index (χ0n) is 11.5. The summed E-state index contributed by atoms with van der Waals surface area (Å²) in [7, 11) is 0. The van der Waals surface area contributed by atoms with Crippen LogP contribution in [0.4, 0.5) is 0 Å². The van der Waals surface area contributed by atoms with Crippen molar-refractivity contribution in [2.75, 3.05) is 0 Å². The van der Waals surface area contributed by atoms with Crippen LogP contribution in [0.15, 0.2) is 71.1 Å². The van der Waals surface area contributed by atoms with Crippen molar-refractivity contribution in [3.05, 3.63) is 76.7 Å². The second-order valence-corrected chi connectivity index (χ2v) is 5.66. The maximum Gasteiger partial charge on any atom is 0.259 e. The van der Waals surface area contributed by atoms with Gasteiger partial charge in [0.15, 0.2) is 4.96 Å². The summed E-state index contributed by atoms with van der Waals surface area (Å²) in [5.74, 6) is 0. The number of fused-ring (bicyclic) bond motifs is 1. The van der Waals surface area contributed by atoms with Gasteiger partial charge in [-0.15, -0.1) is 11.3 Å². The summed E-state index contributed by atoms with van der Waals surface area (Å²) in [5.41, 5.74) is 3.29. The first kappa shape index (κ1) is 12.9. The lowest BCUT2D eigenvalue weighted by Crippen LogP contribution is -2.13. The van der Waals surface area contributed by atoms with Gasteiger partial charge >= 0.3 is 0 Å². The molecular formula is C17H11N3OS. The van der Waals surface area contributed by atoms with E-state index in [0.29, 0.717) is 10.7 Å². The predicted molar refractivity (Wildman–Crippen MR) is 88.0 cm³/mol. The molecule has 4 nitrogen and oxygen atoms in total. The number of thiazole rings is 1. The number of aromatic nitrogens is 3. The summed E-state index contributed by atoms with van der Waals surface area (Å²) in [6.45, 7) is 0. The third-order valence-corrected chi connectivity index (χ3v) is 4.26. The predicted octanol–water partition coefficient (Wildman–Crippen LogP) is 3.49. The SMILES string of the molecule is O=c1cc(-c2ccccc2)nc2scc(-c3cccnc3)n12. The fourth-order valence-corrected chi connectivity index (χ4v) is 3.29. The Morgan fingerprint density at radius 1 is 1.00 bits per heavy atom. The minimum absolute atomic E-state index is 0.0797. The van der Waals surface area contributed by atoms with Crippen LogP contribution in [0.25, 0.3) is 27.5 Å². The van der Waals surface area contributed by atoms with Gasteiger partial charge in [0, 0.05) is 35.0 Å². The molecule has 0 N–H and O–H groups in total. The maximum absolute atomic E-state index is 12.5. The van der Waals surface area contributed by atoms with E-state index < -0.39 is 0 Å². The quantitative estimate of drug-likeness (QED) is 0.569. The second kappa shape index (κ2) is 5.20. The molecule has 4 aromatic rings. The fraction of sp³-hybridized carbons (Fsp3) is 0. The Labute approximate surface area is 130 Å². The van der Waals surface area contributed by atoms with Crippen LogP contribution in [-0.2, 0) is 0 Å². The molecule has 106 valence electrons. The van der Waals surface area contributed by atoms with Gasteiger partial charge in [-0.3, -0.25) is 14.2 Å². The van der Waals surface area contributed by atoms with Crippen LogP contribution in [0.3, 0.4) is 0 Å². The summed E-state index contributed by atoms with van der Waals surface area (Å²) in [4.78, 5) is 21.9. The number of hydrogen-bond acceptors (Lipinski definition) is 4. The highest BCUT2D eigenvalue weighted by Gasteiger charge is 2.11. The summed E-state index contributed by atoms with van der Waals surface area (Å²) >= 11 is 1.46. The topological polar surface area (TPSA) is 47.3 Å². The van der Waals surface area contributed by atoms with Crippen molar-refractivity contribution in [1.82, 2.24) is 14.4 Å². The van der Waals surface area contributed by atoms with Crippen molar-refractivity contribution in [1.29, 1.82) is 0 Å². The smallest absolute Gasteiger partial charge is 0.259 e. The molecule has 1 aromatic carbocycles. The Kier molecular flexibility index (Phi) is 3.05. The Bertz CT molecular complexity index is 991. The molecule has 0 unspecified atom stereocenters. The highest BCUT2D eigenvalue weighted by Crippen LogP contribution is 2.25.